The van der Waals surface area contributed by atoms with E-state index in [1.807, 2.05) is 0 Å². The van der Waals surface area contributed by atoms with E-state index in [9.17, 15) is 0 Å². The van der Waals surface area contributed by atoms with E-state index in [1.165, 1.54) is 64.6 Å². The van der Waals surface area contributed by atoms with Gasteiger partial charge in [0.2, 0.25) is 0 Å². The second-order valence-electron chi connectivity index (χ2n) is 11.2. The summed E-state index contributed by atoms with van der Waals surface area (Å²) in [5.41, 5.74) is 6.78. The fourth-order valence-corrected chi connectivity index (χ4v) is 6.87. The van der Waals surface area contributed by atoms with Gasteiger partial charge in [0.1, 0.15) is 11.2 Å². The lowest BCUT2D eigenvalue weighted by atomic mass is 9.84. The molecule has 1 heterocycles. The average Bonchev–Trinajstić information content (AvgIpc) is 3.42. The summed E-state index contributed by atoms with van der Waals surface area (Å²) in [6, 6.07) is 44.0. The van der Waals surface area contributed by atoms with Crippen LogP contribution < -0.4 is 4.90 Å². The van der Waals surface area contributed by atoms with Crippen molar-refractivity contribution in [3.8, 4) is 0 Å². The van der Waals surface area contributed by atoms with Crippen molar-refractivity contribution in [3.05, 3.63) is 127 Å². The Hall–Kier alpha value is -4.56. The van der Waals surface area contributed by atoms with E-state index >= 15 is 0 Å². The maximum Gasteiger partial charge on any atom is 0.143 e. The molecule has 1 aliphatic rings. The van der Waals surface area contributed by atoms with E-state index < -0.39 is 0 Å². The van der Waals surface area contributed by atoms with Crippen LogP contribution in [0, 0.1) is 0 Å². The van der Waals surface area contributed by atoms with Crippen molar-refractivity contribution < 1.29 is 4.42 Å². The second-order valence-corrected chi connectivity index (χ2v) is 11.2. The van der Waals surface area contributed by atoms with Gasteiger partial charge in [-0.2, -0.15) is 0 Å². The number of rotatable bonds is 4. The van der Waals surface area contributed by atoms with E-state index in [1.54, 1.807) is 0 Å². The Balaban J connectivity index is 1.37. The summed E-state index contributed by atoms with van der Waals surface area (Å²) in [5.74, 6) is 0.690. The van der Waals surface area contributed by atoms with E-state index in [0.29, 0.717) is 5.92 Å². The van der Waals surface area contributed by atoms with Gasteiger partial charge >= 0.3 is 0 Å². The third-order valence-corrected chi connectivity index (χ3v) is 8.83. The summed E-state index contributed by atoms with van der Waals surface area (Å²) in [5, 5.41) is 7.12. The zero-order chi connectivity index (χ0) is 26.5. The van der Waals surface area contributed by atoms with E-state index in [0.717, 1.165) is 33.6 Å². The SMILES string of the molecule is c1ccc(N(c2ccc(C3CCCCC3)cc2)c2cc3oc4c5ccccc5ccc4c3c3ccccc23)cc1. The fraction of sp³-hybridized carbons (Fsp3) is 0.158. The van der Waals surface area contributed by atoms with Gasteiger partial charge in [-0.05, 0) is 65.4 Å². The third-order valence-electron chi connectivity index (χ3n) is 8.83. The van der Waals surface area contributed by atoms with Crippen LogP contribution in [0.15, 0.2) is 126 Å². The van der Waals surface area contributed by atoms with Gasteiger partial charge in [-0.15, -0.1) is 0 Å². The number of hydrogen-bond acceptors (Lipinski definition) is 2. The molecule has 0 amide bonds. The molecule has 7 aromatic rings. The normalized spacial score (nSPS) is 14.4. The van der Waals surface area contributed by atoms with Gasteiger partial charge in [0, 0.05) is 39.0 Å². The Morgan fingerprint density at radius 2 is 1.23 bits per heavy atom. The molecule has 2 heteroatoms. The minimum Gasteiger partial charge on any atom is -0.455 e. The Kier molecular flexibility index (Phi) is 5.58. The fourth-order valence-electron chi connectivity index (χ4n) is 6.87. The summed E-state index contributed by atoms with van der Waals surface area (Å²) < 4.78 is 6.71. The third kappa shape index (κ3) is 3.78. The smallest absolute Gasteiger partial charge is 0.143 e. The molecule has 194 valence electrons. The largest absolute Gasteiger partial charge is 0.455 e. The van der Waals surface area contributed by atoms with Gasteiger partial charge in [0.15, 0.2) is 0 Å². The number of nitrogens with zero attached hydrogens (tertiary/aromatic N) is 1. The maximum absolute atomic E-state index is 6.71. The molecule has 1 aliphatic carbocycles. The van der Waals surface area contributed by atoms with Crippen LogP contribution in [0.2, 0.25) is 0 Å². The Bertz CT molecular complexity index is 1980. The molecule has 2 nitrogen and oxygen atoms in total. The highest BCUT2D eigenvalue weighted by molar-refractivity contribution is 6.25. The van der Waals surface area contributed by atoms with Gasteiger partial charge < -0.3 is 9.32 Å². The number of anilines is 3. The summed E-state index contributed by atoms with van der Waals surface area (Å²) in [4.78, 5) is 2.39. The van der Waals surface area contributed by atoms with Crippen molar-refractivity contribution in [2.24, 2.45) is 0 Å². The maximum atomic E-state index is 6.71. The van der Waals surface area contributed by atoms with Crippen molar-refractivity contribution in [2.75, 3.05) is 4.90 Å². The first kappa shape index (κ1) is 23.3. The van der Waals surface area contributed by atoms with Gasteiger partial charge in [-0.1, -0.05) is 104 Å². The quantitative estimate of drug-likeness (QED) is 0.231. The lowest BCUT2D eigenvalue weighted by Crippen LogP contribution is -2.11. The Morgan fingerprint density at radius 1 is 0.550 bits per heavy atom. The highest BCUT2D eigenvalue weighted by Gasteiger charge is 2.21. The molecule has 0 bridgehead atoms. The van der Waals surface area contributed by atoms with Crippen molar-refractivity contribution in [1.29, 1.82) is 0 Å². The highest BCUT2D eigenvalue weighted by Crippen LogP contribution is 2.45. The Labute approximate surface area is 234 Å². The molecule has 0 N–H and O–H groups in total. The number of furan rings is 1. The molecular formula is C38H31NO. The van der Waals surface area contributed by atoms with Crippen molar-refractivity contribution in [1.82, 2.24) is 0 Å². The summed E-state index contributed by atoms with van der Waals surface area (Å²) in [7, 11) is 0. The molecular weight excluding hydrogens is 486 g/mol. The molecule has 1 fully saturated rings. The van der Waals surface area contributed by atoms with E-state index in [-0.39, 0.29) is 0 Å². The molecule has 0 unspecified atom stereocenters. The van der Waals surface area contributed by atoms with Crippen LogP contribution in [0.4, 0.5) is 17.1 Å². The molecule has 40 heavy (non-hydrogen) atoms. The summed E-state index contributed by atoms with van der Waals surface area (Å²) in [6.07, 6.45) is 6.69. The van der Waals surface area contributed by atoms with Gasteiger partial charge in [-0.25, -0.2) is 0 Å². The standard InChI is InChI=1S/C38H31NO/c1-3-11-26(12-4-1)27-19-22-30(23-20-27)39(29-14-5-2-6-15-29)35-25-36-37(33-18-10-9-17-32(33)35)34-24-21-28-13-7-8-16-31(28)38(34)40-36/h2,5-10,13-26H,1,3-4,11-12H2. The predicted octanol–water partition coefficient (Wildman–Crippen LogP) is 11.4. The zero-order valence-electron chi connectivity index (χ0n) is 22.5. The van der Waals surface area contributed by atoms with Crippen LogP contribution in [0.1, 0.15) is 43.6 Å². The molecule has 1 aromatic heterocycles. The van der Waals surface area contributed by atoms with Gasteiger partial charge in [0.25, 0.3) is 0 Å². The molecule has 0 spiro atoms. The summed E-state index contributed by atoms with van der Waals surface area (Å²) in [6.45, 7) is 0. The van der Waals surface area contributed by atoms with E-state index in [4.69, 9.17) is 4.42 Å². The van der Waals surface area contributed by atoms with Gasteiger partial charge in [-0.3, -0.25) is 0 Å². The average molecular weight is 518 g/mol. The van der Waals surface area contributed by atoms with Crippen LogP contribution in [0.25, 0.3) is 43.5 Å². The first-order valence-electron chi connectivity index (χ1n) is 14.6. The molecule has 0 aliphatic heterocycles. The van der Waals surface area contributed by atoms with Gasteiger partial charge in [0.05, 0.1) is 5.69 Å². The molecule has 0 saturated heterocycles. The van der Waals surface area contributed by atoms with Crippen LogP contribution in [-0.2, 0) is 0 Å². The molecule has 0 atom stereocenters. The molecule has 1 saturated carbocycles. The van der Waals surface area contributed by atoms with Crippen molar-refractivity contribution in [2.45, 2.75) is 38.0 Å². The first-order chi connectivity index (χ1) is 19.8. The number of fused-ring (bicyclic) bond motifs is 7. The lowest BCUT2D eigenvalue weighted by molar-refractivity contribution is 0.443. The zero-order valence-corrected chi connectivity index (χ0v) is 22.5. The molecule has 8 rings (SSSR count). The van der Waals surface area contributed by atoms with Crippen LogP contribution in [0.3, 0.4) is 0 Å². The van der Waals surface area contributed by atoms with Crippen LogP contribution >= 0.6 is 0 Å². The minimum absolute atomic E-state index is 0.690. The highest BCUT2D eigenvalue weighted by atomic mass is 16.3. The Morgan fingerprint density at radius 3 is 2.02 bits per heavy atom. The van der Waals surface area contributed by atoms with Crippen molar-refractivity contribution >= 4 is 60.5 Å². The number of para-hydroxylation sites is 1. The minimum atomic E-state index is 0.690. The number of hydrogen-bond donors (Lipinski definition) is 0. The topological polar surface area (TPSA) is 16.4 Å². The lowest BCUT2D eigenvalue weighted by Gasteiger charge is -2.28. The molecule has 0 radical (unpaired) electrons. The molecule has 6 aromatic carbocycles. The number of benzene rings is 6. The predicted molar refractivity (Wildman–Crippen MR) is 169 cm³/mol. The first-order valence-corrected chi connectivity index (χ1v) is 14.6. The van der Waals surface area contributed by atoms with E-state index in [2.05, 4.69) is 126 Å². The summed E-state index contributed by atoms with van der Waals surface area (Å²) >= 11 is 0. The second kappa shape index (κ2) is 9.57. The van der Waals surface area contributed by atoms with Crippen LogP contribution in [0.5, 0.6) is 0 Å². The monoisotopic (exact) mass is 517 g/mol. The van der Waals surface area contributed by atoms with Crippen molar-refractivity contribution in [3.63, 3.8) is 0 Å². The van der Waals surface area contributed by atoms with Crippen LogP contribution in [-0.4, -0.2) is 0 Å².